The standard InChI is InChI=1S/3C5H11O.ClH.Ti/c3*1-3-4-5(2)6;;/h3*5H,3-4H2,1-2H3;1H;/q3*-1;;+4/p-1. The van der Waals surface area contributed by atoms with Crippen LogP contribution in [0.2, 0.25) is 0 Å². The molecule has 0 aromatic heterocycles. The quantitative estimate of drug-likeness (QED) is 0.694. The molecular formula is C15H33ClO3Ti. The first-order chi connectivity index (χ1) is 9.31. The zero-order valence-corrected chi connectivity index (χ0v) is 16.4. The Morgan fingerprint density at radius 1 is 0.650 bits per heavy atom. The summed E-state index contributed by atoms with van der Waals surface area (Å²) < 4.78 is 0. The van der Waals surface area contributed by atoms with Gasteiger partial charge in [0, 0.05) is 0 Å². The molecule has 0 aliphatic rings. The van der Waals surface area contributed by atoms with E-state index in [0.29, 0.717) is 0 Å². The first-order valence-electron chi connectivity index (χ1n) is 7.47. The van der Waals surface area contributed by atoms with E-state index >= 15 is 0 Å². The second kappa shape index (κ2) is 28.1. The van der Waals surface area contributed by atoms with Gasteiger partial charge in [-0.1, -0.05) is 80.1 Å². The zero-order valence-electron chi connectivity index (χ0n) is 14.1. The molecule has 0 aromatic carbocycles. The van der Waals surface area contributed by atoms with Gasteiger partial charge in [0.15, 0.2) is 0 Å². The summed E-state index contributed by atoms with van der Waals surface area (Å²) in [4.78, 5) is 0. The van der Waals surface area contributed by atoms with Crippen molar-refractivity contribution >= 4 is 9.30 Å². The van der Waals surface area contributed by atoms with E-state index in [-0.39, 0.29) is 18.3 Å². The van der Waals surface area contributed by atoms with Crippen LogP contribution in [-0.4, -0.2) is 18.3 Å². The van der Waals surface area contributed by atoms with Crippen molar-refractivity contribution in [1.29, 1.82) is 0 Å². The predicted molar refractivity (Wildman–Crippen MR) is 79.0 cm³/mol. The Kier molecular flexibility index (Phi) is 40.7. The molecule has 3 unspecified atom stereocenters. The average Bonchev–Trinajstić information content (AvgIpc) is 2.32. The van der Waals surface area contributed by atoms with Crippen molar-refractivity contribution in [2.75, 3.05) is 0 Å². The molecule has 0 radical (unpaired) electrons. The molecule has 0 rings (SSSR count). The van der Waals surface area contributed by atoms with Gasteiger partial charge in [-0.05, 0) is 0 Å². The molecule has 0 aliphatic heterocycles. The van der Waals surface area contributed by atoms with Gasteiger partial charge >= 0.3 is 28.7 Å². The first kappa shape index (κ1) is 29.0. The molecule has 20 heavy (non-hydrogen) atoms. The average molecular weight is 345 g/mol. The van der Waals surface area contributed by atoms with Gasteiger partial charge in [0.25, 0.3) is 0 Å². The molecule has 0 bridgehead atoms. The van der Waals surface area contributed by atoms with Crippen molar-refractivity contribution < 1.29 is 34.7 Å². The summed E-state index contributed by atoms with van der Waals surface area (Å²) in [5.41, 5.74) is 0. The molecule has 0 fully saturated rings. The number of rotatable bonds is 6. The Labute approximate surface area is 142 Å². The van der Waals surface area contributed by atoms with Crippen LogP contribution in [0.5, 0.6) is 0 Å². The van der Waals surface area contributed by atoms with Crippen LogP contribution >= 0.6 is 9.30 Å². The van der Waals surface area contributed by atoms with Crippen LogP contribution in [0, 0.1) is 0 Å². The van der Waals surface area contributed by atoms with E-state index in [9.17, 15) is 15.3 Å². The third kappa shape index (κ3) is 61.8. The molecule has 0 amide bonds. The molecule has 3 atom stereocenters. The summed E-state index contributed by atoms with van der Waals surface area (Å²) >= 11 is 1.47. The molecule has 3 nitrogen and oxygen atoms in total. The van der Waals surface area contributed by atoms with Gasteiger partial charge in [-0.3, -0.25) is 0 Å². The normalized spacial score (nSPS) is 13.4. The molecule has 0 aromatic rings. The Hall–Kier alpha value is 0.884. The van der Waals surface area contributed by atoms with E-state index in [1.54, 1.807) is 20.8 Å². The molecule has 0 heterocycles. The van der Waals surface area contributed by atoms with Gasteiger partial charge < -0.3 is 15.3 Å². The Morgan fingerprint density at radius 3 is 0.800 bits per heavy atom. The summed E-state index contributed by atoms with van der Waals surface area (Å²) in [6, 6.07) is 0. The van der Waals surface area contributed by atoms with Crippen molar-refractivity contribution in [3.63, 3.8) is 0 Å². The number of hydrogen-bond acceptors (Lipinski definition) is 3. The van der Waals surface area contributed by atoms with Crippen LogP contribution in [0.15, 0.2) is 0 Å². The van der Waals surface area contributed by atoms with Crippen molar-refractivity contribution in [2.45, 2.75) is 98.4 Å². The maximum atomic E-state index is 10.1. The number of hydrogen-bond donors (Lipinski definition) is 0. The zero-order chi connectivity index (χ0) is 17.0. The fraction of sp³-hybridized carbons (Fsp3) is 1.00. The second-order valence-electron chi connectivity index (χ2n) is 4.80. The Morgan fingerprint density at radius 2 is 0.800 bits per heavy atom. The van der Waals surface area contributed by atoms with Crippen molar-refractivity contribution in [2.24, 2.45) is 0 Å². The second-order valence-corrected chi connectivity index (χ2v) is 4.80. The Balaban J connectivity index is -0.0000000902. The predicted octanol–water partition coefficient (Wildman–Crippen LogP) is 2.29. The van der Waals surface area contributed by atoms with Crippen LogP contribution in [0.3, 0.4) is 0 Å². The van der Waals surface area contributed by atoms with Gasteiger partial charge in [0.05, 0.1) is 0 Å². The monoisotopic (exact) mass is 344 g/mol. The fourth-order valence-corrected chi connectivity index (χ4v) is 1.22. The molecule has 5 heteroatoms. The molecule has 122 valence electrons. The molecule has 0 N–H and O–H groups in total. The van der Waals surface area contributed by atoms with E-state index < -0.39 is 0 Å². The van der Waals surface area contributed by atoms with E-state index in [1.165, 1.54) is 19.4 Å². The van der Waals surface area contributed by atoms with Gasteiger partial charge in [-0.25, -0.2) is 0 Å². The fourth-order valence-electron chi connectivity index (χ4n) is 1.22. The van der Waals surface area contributed by atoms with Gasteiger partial charge in [0.1, 0.15) is 0 Å². The van der Waals surface area contributed by atoms with Crippen molar-refractivity contribution in [1.82, 2.24) is 0 Å². The minimum atomic E-state index is -0.352. The third-order valence-corrected chi connectivity index (χ3v) is 2.09. The van der Waals surface area contributed by atoms with Crippen molar-refractivity contribution in [3.8, 4) is 0 Å². The van der Waals surface area contributed by atoms with E-state index in [1.807, 2.05) is 20.8 Å². The summed E-state index contributed by atoms with van der Waals surface area (Å²) in [5.74, 6) is 0. The summed E-state index contributed by atoms with van der Waals surface area (Å²) in [6.45, 7) is 11.2. The van der Waals surface area contributed by atoms with Crippen LogP contribution in [-0.2, 0) is 19.4 Å². The molecule has 0 spiro atoms. The van der Waals surface area contributed by atoms with Gasteiger partial charge in [-0.2, -0.15) is 0 Å². The summed E-state index contributed by atoms with van der Waals surface area (Å²) in [5, 5.41) is 30.4. The molecule has 0 saturated heterocycles. The van der Waals surface area contributed by atoms with Gasteiger partial charge in [0.2, 0.25) is 0 Å². The van der Waals surface area contributed by atoms with Gasteiger partial charge in [-0.15, -0.1) is 18.3 Å². The van der Waals surface area contributed by atoms with Crippen LogP contribution in [0.25, 0.3) is 0 Å². The maximum absolute atomic E-state index is 10.1. The Bertz CT molecular complexity index is 111. The van der Waals surface area contributed by atoms with Crippen LogP contribution < -0.4 is 15.3 Å². The first-order valence-corrected chi connectivity index (χ1v) is 9.62. The van der Waals surface area contributed by atoms with E-state index in [0.717, 1.165) is 38.5 Å². The van der Waals surface area contributed by atoms with E-state index in [4.69, 9.17) is 0 Å². The molecule has 0 aliphatic carbocycles. The van der Waals surface area contributed by atoms with Crippen LogP contribution in [0.4, 0.5) is 0 Å². The van der Waals surface area contributed by atoms with Crippen LogP contribution in [0.1, 0.15) is 80.1 Å². The third-order valence-electron chi connectivity index (χ3n) is 2.09. The number of halogens is 1. The van der Waals surface area contributed by atoms with E-state index in [2.05, 4.69) is 9.30 Å². The van der Waals surface area contributed by atoms with Crippen molar-refractivity contribution in [3.05, 3.63) is 0 Å². The minimum absolute atomic E-state index is 0.352. The summed E-state index contributed by atoms with van der Waals surface area (Å²) in [6.07, 6.45) is 4.46. The summed E-state index contributed by atoms with van der Waals surface area (Å²) in [7, 11) is 4.64. The SMILES string of the molecule is CCCC(C)[O-].CCCC(C)[O-].CCCC(C)[O-].[Cl][Ti+3]. The molecular weight excluding hydrogens is 311 g/mol. The molecule has 0 saturated carbocycles. The topological polar surface area (TPSA) is 69.2 Å².